The molecule has 4 aliphatic rings. The van der Waals surface area contributed by atoms with Gasteiger partial charge >= 0.3 is 5.97 Å². The van der Waals surface area contributed by atoms with Gasteiger partial charge in [-0.2, -0.15) is 0 Å². The Hall–Kier alpha value is -5.31. The maximum atomic E-state index is 14.7. The molecule has 2 saturated heterocycles. The van der Waals surface area contributed by atoms with Crippen molar-refractivity contribution >= 4 is 34.6 Å². The molecule has 0 saturated carbocycles. The molecule has 4 aromatic rings. The summed E-state index contributed by atoms with van der Waals surface area (Å²) in [6, 6.07) is 12.9. The fraction of sp³-hybridized carbons (Fsp3) is 0.531. The van der Waals surface area contributed by atoms with E-state index in [1.54, 1.807) is 37.4 Å². The number of aromatic hydroxyl groups is 1. The zero-order valence-electron chi connectivity index (χ0n) is 37.9. The van der Waals surface area contributed by atoms with Crippen LogP contribution in [0.1, 0.15) is 96.1 Å². The van der Waals surface area contributed by atoms with Crippen molar-refractivity contribution in [3.8, 4) is 28.1 Å². The minimum Gasteiger partial charge on any atom is -0.508 e. The summed E-state index contributed by atoms with van der Waals surface area (Å²) < 4.78 is 14.9. The van der Waals surface area contributed by atoms with Crippen LogP contribution in [0.4, 0.5) is 0 Å². The number of phenolic OH excluding ortho intramolecular Hbond substituents is 1. The number of amides is 3. The molecule has 5 heterocycles. The fourth-order valence-electron chi connectivity index (χ4n) is 10.9. The van der Waals surface area contributed by atoms with Crippen LogP contribution in [0.5, 0.6) is 5.75 Å². The SMILES string of the molecule is CCC1NCCC1C(=O)N(C)[C@H](C(=O)N[C@H]1Cc2cc(O)cc(c2)-c2ccc3c(c2)c2c(n3CC)-c3cccnc3[C@@H](OC)C2C(C)(C)COC(=O)[C@@H]2CCCN(N2)C1=O)C(C)C. The highest BCUT2D eigenvalue weighted by molar-refractivity contribution is 5.97. The van der Waals surface area contributed by atoms with Crippen molar-refractivity contribution in [3.05, 3.63) is 71.5 Å². The topological polar surface area (TPSA) is 167 Å². The summed E-state index contributed by atoms with van der Waals surface area (Å²) in [5.74, 6) is -2.26. The Kier molecular flexibility index (Phi) is 12.4. The Morgan fingerprint density at radius 2 is 1.89 bits per heavy atom. The number of cyclic esters (lactones) is 1. The lowest BCUT2D eigenvalue weighted by molar-refractivity contribution is -0.156. The molecule has 7 atom stereocenters. The zero-order chi connectivity index (χ0) is 44.9. The van der Waals surface area contributed by atoms with Crippen LogP contribution >= 0.6 is 0 Å². The maximum Gasteiger partial charge on any atom is 0.324 e. The Balaban J connectivity index is 1.24. The number of benzene rings is 2. The number of phenols is 1. The average Bonchev–Trinajstić information content (AvgIpc) is 3.89. The zero-order valence-corrected chi connectivity index (χ0v) is 37.9. The molecule has 8 rings (SSSR count). The number of hydrazine groups is 1. The number of carbonyl (C=O) groups excluding carboxylic acids is 4. The second-order valence-electron chi connectivity index (χ2n) is 18.9. The molecule has 3 unspecified atom stereocenters. The number of aromatic nitrogens is 2. The van der Waals surface area contributed by atoms with Crippen LogP contribution in [-0.4, -0.2) is 106 Å². The molecule has 3 aliphatic heterocycles. The molecule has 2 aromatic heterocycles. The van der Waals surface area contributed by atoms with Crippen LogP contribution < -0.4 is 16.1 Å². The van der Waals surface area contributed by atoms with Crippen LogP contribution in [-0.2, 0) is 41.6 Å². The van der Waals surface area contributed by atoms with Gasteiger partial charge in [0.05, 0.1) is 23.9 Å². The highest BCUT2D eigenvalue weighted by Gasteiger charge is 2.48. The van der Waals surface area contributed by atoms with Crippen LogP contribution in [0.15, 0.2) is 54.7 Å². The first-order chi connectivity index (χ1) is 30.2. The van der Waals surface area contributed by atoms with E-state index in [0.29, 0.717) is 37.9 Å². The van der Waals surface area contributed by atoms with Gasteiger partial charge in [-0.05, 0) is 104 Å². The Bertz CT molecular complexity index is 2410. The number of rotatable bonds is 8. The van der Waals surface area contributed by atoms with Gasteiger partial charge < -0.3 is 34.7 Å². The van der Waals surface area contributed by atoms with Crippen molar-refractivity contribution in [1.29, 1.82) is 0 Å². The number of methoxy groups -OCH3 is 1. The third-order valence-electron chi connectivity index (χ3n) is 13.9. The van der Waals surface area contributed by atoms with Crippen molar-refractivity contribution in [2.75, 3.05) is 33.9 Å². The number of carbonyl (C=O) groups is 4. The monoisotopic (exact) mass is 861 g/mol. The number of nitrogens with zero attached hydrogens (tertiary/aromatic N) is 4. The number of nitrogens with one attached hydrogen (secondary N) is 3. The van der Waals surface area contributed by atoms with Crippen molar-refractivity contribution < 1.29 is 33.8 Å². The molecular formula is C49H63N7O7. The second-order valence-corrected chi connectivity index (χ2v) is 18.9. The first-order valence-corrected chi connectivity index (χ1v) is 22.7. The summed E-state index contributed by atoms with van der Waals surface area (Å²) in [5.41, 5.74) is 9.69. The highest BCUT2D eigenvalue weighted by atomic mass is 16.5. The van der Waals surface area contributed by atoms with Crippen LogP contribution in [0.3, 0.4) is 0 Å². The molecule has 1 aliphatic carbocycles. The molecule has 6 bridgehead atoms. The van der Waals surface area contributed by atoms with E-state index in [9.17, 15) is 24.3 Å². The molecule has 336 valence electrons. The Labute approximate surface area is 370 Å². The van der Waals surface area contributed by atoms with E-state index in [0.717, 1.165) is 57.5 Å². The van der Waals surface area contributed by atoms with Gasteiger partial charge in [0.1, 0.15) is 30.0 Å². The molecule has 0 radical (unpaired) electrons. The predicted octanol–water partition coefficient (Wildman–Crippen LogP) is 5.86. The molecule has 14 nitrogen and oxygen atoms in total. The first kappa shape index (κ1) is 44.3. The lowest BCUT2D eigenvalue weighted by atomic mass is 9.67. The molecule has 4 N–H and O–H groups in total. The first-order valence-electron chi connectivity index (χ1n) is 22.7. The minimum absolute atomic E-state index is 0.0149. The molecule has 0 spiro atoms. The van der Waals surface area contributed by atoms with Gasteiger partial charge in [0.15, 0.2) is 0 Å². The van der Waals surface area contributed by atoms with E-state index in [1.807, 2.05) is 39.0 Å². The van der Waals surface area contributed by atoms with Crippen molar-refractivity contribution in [1.82, 2.24) is 35.5 Å². The summed E-state index contributed by atoms with van der Waals surface area (Å²) in [6.07, 6.45) is 3.83. The van der Waals surface area contributed by atoms with Gasteiger partial charge in [0.2, 0.25) is 11.8 Å². The number of likely N-dealkylation sites (N-methyl/N-ethyl adjacent to an activating group) is 1. The van der Waals surface area contributed by atoms with Gasteiger partial charge in [-0.1, -0.05) is 46.8 Å². The third kappa shape index (κ3) is 8.10. The number of hydrogen-bond donors (Lipinski definition) is 4. The van der Waals surface area contributed by atoms with E-state index < -0.39 is 47.4 Å². The predicted molar refractivity (Wildman–Crippen MR) is 240 cm³/mol. The number of fused-ring (bicyclic) bond motifs is 8. The quantitative estimate of drug-likeness (QED) is 0.158. The minimum atomic E-state index is -1.11. The lowest BCUT2D eigenvalue weighted by Gasteiger charge is -2.42. The van der Waals surface area contributed by atoms with E-state index in [4.69, 9.17) is 14.5 Å². The summed E-state index contributed by atoms with van der Waals surface area (Å²) in [4.78, 5) is 63.7. The molecule has 2 fully saturated rings. The molecular weight excluding hydrogens is 799 g/mol. The van der Waals surface area contributed by atoms with Crippen molar-refractivity contribution in [2.24, 2.45) is 17.3 Å². The molecule has 3 amide bonds. The molecule has 2 aromatic carbocycles. The van der Waals surface area contributed by atoms with Gasteiger partial charge in [0.25, 0.3) is 5.91 Å². The van der Waals surface area contributed by atoms with Gasteiger partial charge in [-0.15, -0.1) is 0 Å². The standard InChI is InChI=1S/C49H63N7O7/c1-9-35-32(17-19-50-35)46(59)54(7)42(27(3)4)45(58)52-37-23-28-21-30(24-31(57)22-28)29-15-16-38-34(25-29)39-40(44(62-8)41-33(13-11-18-51-41)43(39)55(38)10-2)49(5,6)26-63-48(61)36-14-12-20-56(53-36)47(37)60/h11,13,15-16,18,21-22,24-25,27,32,35-37,40,42,44,50,53,57H,9-10,12,14,17,19-20,23,26H2,1-8H3,(H,52,58)/t32?,35?,36-,37-,40?,42-,44-/m0/s1. The summed E-state index contributed by atoms with van der Waals surface area (Å²) in [5, 5.41) is 20.2. The van der Waals surface area contributed by atoms with Gasteiger partial charge in [-0.3, -0.25) is 29.2 Å². The third-order valence-corrected chi connectivity index (χ3v) is 13.9. The van der Waals surface area contributed by atoms with Crippen molar-refractivity contribution in [2.45, 2.75) is 116 Å². The van der Waals surface area contributed by atoms with Gasteiger partial charge in [0, 0.05) is 73.7 Å². The summed E-state index contributed by atoms with van der Waals surface area (Å²) >= 11 is 0. The second kappa shape index (κ2) is 17.7. The molecule has 14 heteroatoms. The van der Waals surface area contributed by atoms with E-state index in [1.165, 1.54) is 5.01 Å². The number of pyridine rings is 1. The molecule has 63 heavy (non-hydrogen) atoms. The van der Waals surface area contributed by atoms with Crippen LogP contribution in [0, 0.1) is 17.3 Å². The van der Waals surface area contributed by atoms with Crippen LogP contribution in [0.25, 0.3) is 33.3 Å². The fourth-order valence-corrected chi connectivity index (χ4v) is 10.9. The smallest absolute Gasteiger partial charge is 0.324 e. The van der Waals surface area contributed by atoms with E-state index in [-0.39, 0.29) is 48.5 Å². The van der Waals surface area contributed by atoms with Crippen molar-refractivity contribution in [3.63, 3.8) is 0 Å². The van der Waals surface area contributed by atoms with E-state index in [2.05, 4.69) is 59.6 Å². The summed E-state index contributed by atoms with van der Waals surface area (Å²) in [6.45, 7) is 13.9. The summed E-state index contributed by atoms with van der Waals surface area (Å²) in [7, 11) is 3.37. The highest BCUT2D eigenvalue weighted by Crippen LogP contribution is 2.57. The van der Waals surface area contributed by atoms with Gasteiger partial charge in [-0.25, -0.2) is 5.43 Å². The lowest BCUT2D eigenvalue weighted by Crippen LogP contribution is -2.62. The van der Waals surface area contributed by atoms with Crippen LogP contribution in [0.2, 0.25) is 0 Å². The Morgan fingerprint density at radius 3 is 2.62 bits per heavy atom. The Morgan fingerprint density at radius 1 is 1.10 bits per heavy atom. The number of esters is 1. The largest absolute Gasteiger partial charge is 0.508 e. The number of ether oxygens (including phenoxy) is 2. The normalized spacial score (nSPS) is 25.0. The van der Waals surface area contributed by atoms with E-state index >= 15 is 0 Å². The number of hydrogen-bond acceptors (Lipinski definition) is 10. The average molecular weight is 862 g/mol. The number of aryl methyl sites for hydroxylation is 1. The maximum absolute atomic E-state index is 14.7.